The number of hydrogen-bond acceptors (Lipinski definition) is 8. The number of rotatable bonds is 5. The molecule has 0 saturated carbocycles. The Balaban J connectivity index is 1.45. The number of aryl methyl sites for hydroxylation is 1. The number of carbonyl (C=O) groups excluding carboxylic acids is 1. The number of likely N-dealkylation sites (tertiary alicyclic amines) is 1. The molecule has 5 rings (SSSR count). The van der Waals surface area contributed by atoms with E-state index in [4.69, 9.17) is 26.4 Å². The Morgan fingerprint density at radius 2 is 1.97 bits per heavy atom. The van der Waals surface area contributed by atoms with Gasteiger partial charge < -0.3 is 20.1 Å². The van der Waals surface area contributed by atoms with Gasteiger partial charge in [0.05, 0.1) is 30.3 Å². The lowest BCUT2D eigenvalue weighted by Gasteiger charge is -2.46. The monoisotopic (exact) mass is 545 g/mol. The van der Waals surface area contributed by atoms with Gasteiger partial charge in [-0.3, -0.25) is 0 Å². The fourth-order valence-electron chi connectivity index (χ4n) is 4.49. The molecule has 0 atom stereocenters. The first kappa shape index (κ1) is 26.4. The molecule has 1 aromatic carbocycles. The first-order chi connectivity index (χ1) is 18.4. The Morgan fingerprint density at radius 3 is 2.67 bits per heavy atom. The van der Waals surface area contributed by atoms with Crippen molar-refractivity contribution in [1.29, 1.82) is 5.26 Å². The van der Waals surface area contributed by atoms with Gasteiger partial charge in [0.1, 0.15) is 27.9 Å². The third-order valence-corrected chi connectivity index (χ3v) is 6.38. The van der Waals surface area contributed by atoms with Crippen LogP contribution in [-0.4, -0.2) is 66.5 Å². The van der Waals surface area contributed by atoms with Gasteiger partial charge in [-0.2, -0.15) is 10.4 Å². The summed E-state index contributed by atoms with van der Waals surface area (Å²) in [6.07, 6.45) is 1.33. The number of amides is 1. The van der Waals surface area contributed by atoms with Crippen LogP contribution < -0.4 is 5.32 Å². The van der Waals surface area contributed by atoms with Gasteiger partial charge in [0.2, 0.25) is 0 Å². The number of nitrogens with one attached hydrogen (secondary N) is 1. The van der Waals surface area contributed by atoms with Crippen LogP contribution in [0.3, 0.4) is 0 Å². The van der Waals surface area contributed by atoms with Crippen LogP contribution in [0.2, 0.25) is 5.15 Å². The number of carbonyl (C=O) groups is 1. The Labute approximate surface area is 230 Å². The van der Waals surface area contributed by atoms with Gasteiger partial charge in [0, 0.05) is 24.0 Å². The number of halogens is 1. The number of fused-ring (bicyclic) bond motifs is 1. The van der Waals surface area contributed by atoms with Gasteiger partial charge >= 0.3 is 6.09 Å². The van der Waals surface area contributed by atoms with Crippen molar-refractivity contribution in [3.8, 4) is 28.5 Å². The molecule has 1 aliphatic rings. The minimum absolute atomic E-state index is 0.156. The van der Waals surface area contributed by atoms with Gasteiger partial charge in [-0.05, 0) is 63.6 Å². The van der Waals surface area contributed by atoms with Crippen LogP contribution in [0.4, 0.5) is 10.6 Å². The molecule has 0 bridgehead atoms. The van der Waals surface area contributed by atoms with E-state index in [2.05, 4.69) is 16.4 Å². The van der Waals surface area contributed by atoms with Gasteiger partial charge in [-0.25, -0.2) is 19.3 Å². The molecule has 200 valence electrons. The summed E-state index contributed by atoms with van der Waals surface area (Å²) < 4.78 is 7.04. The minimum Gasteiger partial charge on any atom is -0.444 e. The van der Waals surface area contributed by atoms with Crippen LogP contribution in [0.25, 0.3) is 28.0 Å². The van der Waals surface area contributed by atoms with E-state index in [1.807, 2.05) is 25.1 Å². The van der Waals surface area contributed by atoms with Crippen LogP contribution in [0, 0.1) is 18.3 Å². The van der Waals surface area contributed by atoms with Crippen molar-refractivity contribution in [3.63, 3.8) is 0 Å². The highest BCUT2D eigenvalue weighted by atomic mass is 35.5. The van der Waals surface area contributed by atoms with Crippen molar-refractivity contribution in [2.24, 2.45) is 0 Å². The second-order valence-corrected chi connectivity index (χ2v) is 11.1. The van der Waals surface area contributed by atoms with Crippen molar-refractivity contribution >= 4 is 29.2 Å². The molecule has 1 fully saturated rings. The zero-order chi connectivity index (χ0) is 27.9. The minimum atomic E-state index is -1.10. The Bertz CT molecular complexity index is 1590. The van der Waals surface area contributed by atoms with Crippen LogP contribution >= 0.6 is 11.6 Å². The quantitative estimate of drug-likeness (QED) is 0.346. The second-order valence-electron chi connectivity index (χ2n) is 10.7. The first-order valence-electron chi connectivity index (χ1n) is 12.4. The summed E-state index contributed by atoms with van der Waals surface area (Å²) in [4.78, 5) is 22.8. The van der Waals surface area contributed by atoms with Crippen LogP contribution in [0.5, 0.6) is 0 Å². The highest BCUT2D eigenvalue weighted by Gasteiger charge is 2.45. The van der Waals surface area contributed by atoms with E-state index in [1.54, 1.807) is 55.7 Å². The molecule has 0 radical (unpaired) electrons. The lowest BCUT2D eigenvalue weighted by molar-refractivity contribution is -0.0895. The number of benzene rings is 1. The summed E-state index contributed by atoms with van der Waals surface area (Å²) in [5.74, 6) is 0.530. The molecule has 4 aromatic rings. The lowest BCUT2D eigenvalue weighted by Crippen LogP contribution is -2.66. The number of β-amino-alcohol motifs (C(OH)–C–C–N with tert-alkyl or cyclic N) is 1. The Hall–Kier alpha value is -4.20. The zero-order valence-corrected chi connectivity index (χ0v) is 22.8. The normalized spacial score (nSPS) is 14.5. The molecule has 1 saturated heterocycles. The topological polar surface area (TPSA) is 129 Å². The van der Waals surface area contributed by atoms with Gasteiger partial charge in [0.25, 0.3) is 0 Å². The van der Waals surface area contributed by atoms with Crippen molar-refractivity contribution in [2.75, 3.05) is 25.0 Å². The molecule has 0 aliphatic carbocycles. The molecule has 4 heterocycles. The summed E-state index contributed by atoms with van der Waals surface area (Å²) in [7, 11) is 0. The highest BCUT2D eigenvalue weighted by Crippen LogP contribution is 2.36. The largest absolute Gasteiger partial charge is 0.444 e. The SMILES string of the molecule is Cc1cc(-c2c(-c3cccc(C#N)c3)nn3ccc(NCC4(O)CN(C(=O)OC(C)(C)C)C4)nc23)cc(Cl)n1. The molecule has 2 N–H and O–H groups in total. The summed E-state index contributed by atoms with van der Waals surface area (Å²) in [6.45, 7) is 7.77. The third-order valence-electron chi connectivity index (χ3n) is 6.18. The van der Waals surface area contributed by atoms with E-state index in [1.165, 1.54) is 4.90 Å². The number of nitrogens with zero attached hydrogens (tertiary/aromatic N) is 6. The fraction of sp³-hybridized carbons (Fsp3) is 0.321. The van der Waals surface area contributed by atoms with E-state index in [0.29, 0.717) is 27.9 Å². The number of aliphatic hydroxyl groups is 1. The number of ether oxygens (including phenoxy) is 1. The molecule has 0 spiro atoms. The van der Waals surface area contributed by atoms with E-state index in [0.717, 1.165) is 22.4 Å². The molecule has 11 heteroatoms. The van der Waals surface area contributed by atoms with Crippen molar-refractivity contribution < 1.29 is 14.6 Å². The Morgan fingerprint density at radius 1 is 1.21 bits per heavy atom. The van der Waals surface area contributed by atoms with E-state index in [9.17, 15) is 15.2 Å². The first-order valence-corrected chi connectivity index (χ1v) is 12.8. The number of pyridine rings is 1. The smallest absolute Gasteiger partial charge is 0.410 e. The van der Waals surface area contributed by atoms with Crippen LogP contribution in [-0.2, 0) is 4.74 Å². The Kier molecular flexibility index (Phi) is 6.66. The molecular weight excluding hydrogens is 518 g/mol. The number of nitriles is 1. The van der Waals surface area contributed by atoms with Crippen LogP contribution in [0.1, 0.15) is 32.0 Å². The molecule has 39 heavy (non-hydrogen) atoms. The van der Waals surface area contributed by atoms with Gasteiger partial charge in [0.15, 0.2) is 5.65 Å². The highest BCUT2D eigenvalue weighted by molar-refractivity contribution is 6.29. The summed E-state index contributed by atoms with van der Waals surface area (Å²) in [6, 6.07) is 14.8. The molecule has 3 aromatic heterocycles. The average Bonchev–Trinajstić information content (AvgIpc) is 3.23. The predicted octanol–water partition coefficient (Wildman–Crippen LogP) is 4.69. The fourth-order valence-corrected chi connectivity index (χ4v) is 4.74. The van der Waals surface area contributed by atoms with Crippen molar-refractivity contribution in [2.45, 2.75) is 38.9 Å². The van der Waals surface area contributed by atoms with Crippen molar-refractivity contribution in [1.82, 2.24) is 24.5 Å². The maximum atomic E-state index is 12.2. The number of aromatic nitrogens is 4. The molecule has 1 aliphatic heterocycles. The zero-order valence-electron chi connectivity index (χ0n) is 22.1. The second kappa shape index (κ2) is 9.84. The summed E-state index contributed by atoms with van der Waals surface area (Å²) in [5, 5.41) is 28.6. The van der Waals surface area contributed by atoms with Crippen molar-refractivity contribution in [3.05, 3.63) is 65.1 Å². The van der Waals surface area contributed by atoms with E-state index < -0.39 is 17.3 Å². The maximum absolute atomic E-state index is 12.2. The van der Waals surface area contributed by atoms with E-state index >= 15 is 0 Å². The predicted molar refractivity (Wildman–Crippen MR) is 147 cm³/mol. The number of anilines is 1. The molecular formula is C28H28ClN7O3. The van der Waals surface area contributed by atoms with Gasteiger partial charge in [-0.1, -0.05) is 23.7 Å². The molecule has 10 nitrogen and oxygen atoms in total. The summed E-state index contributed by atoms with van der Waals surface area (Å²) >= 11 is 6.31. The van der Waals surface area contributed by atoms with Crippen LogP contribution in [0.15, 0.2) is 48.7 Å². The van der Waals surface area contributed by atoms with E-state index in [-0.39, 0.29) is 19.6 Å². The molecule has 0 unspecified atom stereocenters. The molecule has 1 amide bonds. The lowest BCUT2D eigenvalue weighted by atomic mass is 9.95. The standard InChI is InChI=1S/C28H28ClN7O3/c1-17-10-20(12-21(29)32-17)23-24(19-7-5-6-18(11-19)13-30)34-36-9-8-22(33-25(23)36)31-14-28(38)15-35(16-28)26(37)39-27(2,3)4/h5-12,38H,14-16H2,1-4H3,(H,31,33). The number of hydrogen-bond donors (Lipinski definition) is 2. The maximum Gasteiger partial charge on any atom is 0.410 e. The summed E-state index contributed by atoms with van der Waals surface area (Å²) in [5.41, 5.74) is 3.05. The third kappa shape index (κ3) is 5.65. The average molecular weight is 546 g/mol. The van der Waals surface area contributed by atoms with Gasteiger partial charge in [-0.15, -0.1) is 0 Å².